The maximum Gasteiger partial charge on any atom is 0.327 e. The fourth-order valence-electron chi connectivity index (χ4n) is 5.11. The van der Waals surface area contributed by atoms with E-state index in [1.165, 1.54) is 9.80 Å². The van der Waals surface area contributed by atoms with Crippen LogP contribution in [0.15, 0.2) is 30.3 Å². The Morgan fingerprint density at radius 1 is 1.00 bits per heavy atom. The maximum atomic E-state index is 13.3. The summed E-state index contributed by atoms with van der Waals surface area (Å²) in [6.45, 7) is 2.51. The minimum atomic E-state index is -0.801. The number of para-hydroxylation sites is 1. The Labute approximate surface area is 186 Å². The van der Waals surface area contributed by atoms with Crippen molar-refractivity contribution in [3.05, 3.63) is 30.3 Å². The van der Waals surface area contributed by atoms with Crippen LogP contribution in [0.3, 0.4) is 0 Å². The van der Waals surface area contributed by atoms with E-state index in [9.17, 15) is 24.4 Å². The van der Waals surface area contributed by atoms with Crippen molar-refractivity contribution < 1.29 is 24.4 Å². The Bertz CT molecular complexity index is 886. The van der Waals surface area contributed by atoms with Crippen molar-refractivity contribution in [2.75, 3.05) is 44.7 Å². The Hall–Kier alpha value is -3.14. The highest BCUT2D eigenvalue weighted by molar-refractivity contribution is 6.02. The predicted molar refractivity (Wildman–Crippen MR) is 115 cm³/mol. The van der Waals surface area contributed by atoms with E-state index >= 15 is 0 Å². The zero-order valence-electron chi connectivity index (χ0n) is 18.1. The second-order valence-corrected chi connectivity index (χ2v) is 8.71. The van der Waals surface area contributed by atoms with E-state index in [-0.39, 0.29) is 30.8 Å². The SMILES string of the molecule is CN1CC(=O)N(C2CCC(C(=O)N3CCN(c4ccccc4)CC3)[C@@H](C(=O)NO)C2)C1=O. The number of piperazine rings is 1. The van der Waals surface area contributed by atoms with Crippen LogP contribution in [-0.2, 0) is 14.4 Å². The number of hydroxylamine groups is 1. The molecule has 0 aromatic heterocycles. The van der Waals surface area contributed by atoms with Gasteiger partial charge in [-0.15, -0.1) is 0 Å². The first kappa shape index (κ1) is 22.1. The van der Waals surface area contributed by atoms with Crippen LogP contribution in [0.25, 0.3) is 0 Å². The Morgan fingerprint density at radius 2 is 1.69 bits per heavy atom. The van der Waals surface area contributed by atoms with Gasteiger partial charge in [0, 0.05) is 50.9 Å². The van der Waals surface area contributed by atoms with Gasteiger partial charge in [0.2, 0.25) is 11.8 Å². The minimum absolute atomic E-state index is 0.0141. The molecule has 32 heavy (non-hydrogen) atoms. The van der Waals surface area contributed by atoms with E-state index in [4.69, 9.17) is 0 Å². The molecule has 2 unspecified atom stereocenters. The molecule has 10 nitrogen and oxygen atoms in total. The van der Waals surface area contributed by atoms with E-state index in [2.05, 4.69) is 4.90 Å². The van der Waals surface area contributed by atoms with Crippen molar-refractivity contribution in [3.8, 4) is 0 Å². The number of amides is 5. The summed E-state index contributed by atoms with van der Waals surface area (Å²) in [4.78, 5) is 57.0. The summed E-state index contributed by atoms with van der Waals surface area (Å²) in [7, 11) is 1.56. The number of nitrogens with one attached hydrogen (secondary N) is 1. The molecule has 1 aromatic rings. The molecule has 2 aliphatic heterocycles. The monoisotopic (exact) mass is 443 g/mol. The average molecular weight is 444 g/mol. The van der Waals surface area contributed by atoms with Crippen LogP contribution in [0.1, 0.15) is 19.3 Å². The van der Waals surface area contributed by atoms with Crippen LogP contribution in [0.5, 0.6) is 0 Å². The normalized spacial score (nSPS) is 26.5. The second-order valence-electron chi connectivity index (χ2n) is 8.71. The summed E-state index contributed by atoms with van der Waals surface area (Å²) < 4.78 is 0. The van der Waals surface area contributed by atoms with Gasteiger partial charge in [-0.05, 0) is 31.4 Å². The van der Waals surface area contributed by atoms with Gasteiger partial charge in [-0.3, -0.25) is 24.5 Å². The van der Waals surface area contributed by atoms with Crippen molar-refractivity contribution in [2.24, 2.45) is 11.8 Å². The number of benzene rings is 1. The first-order valence-corrected chi connectivity index (χ1v) is 11.0. The largest absolute Gasteiger partial charge is 0.368 e. The van der Waals surface area contributed by atoms with Gasteiger partial charge in [0.05, 0.1) is 5.92 Å². The van der Waals surface area contributed by atoms with Crippen LogP contribution in [0.4, 0.5) is 10.5 Å². The summed E-state index contributed by atoms with van der Waals surface area (Å²) >= 11 is 0. The highest BCUT2D eigenvalue weighted by Gasteiger charge is 2.47. The summed E-state index contributed by atoms with van der Waals surface area (Å²) in [6, 6.07) is 9.17. The molecule has 3 atom stereocenters. The molecule has 0 spiro atoms. The van der Waals surface area contributed by atoms with E-state index in [0.717, 1.165) is 5.69 Å². The van der Waals surface area contributed by atoms with Crippen LogP contribution in [0, 0.1) is 11.8 Å². The minimum Gasteiger partial charge on any atom is -0.368 e. The van der Waals surface area contributed by atoms with Crippen LogP contribution in [-0.4, -0.2) is 89.5 Å². The highest BCUT2D eigenvalue weighted by Crippen LogP contribution is 2.36. The van der Waals surface area contributed by atoms with Gasteiger partial charge in [0.15, 0.2) is 0 Å². The number of urea groups is 1. The lowest BCUT2D eigenvalue weighted by Crippen LogP contribution is -2.55. The molecule has 2 N–H and O–H groups in total. The molecule has 0 bridgehead atoms. The maximum absolute atomic E-state index is 13.3. The first-order chi connectivity index (χ1) is 15.4. The van der Waals surface area contributed by atoms with Gasteiger partial charge in [-0.25, -0.2) is 10.3 Å². The predicted octanol–water partition coefficient (Wildman–Crippen LogP) is 0.520. The number of anilines is 1. The zero-order chi connectivity index (χ0) is 22.8. The molecule has 10 heteroatoms. The number of nitrogens with zero attached hydrogens (tertiary/aromatic N) is 4. The fraction of sp³-hybridized carbons (Fsp3) is 0.545. The lowest BCUT2D eigenvalue weighted by atomic mass is 9.75. The lowest BCUT2D eigenvalue weighted by Gasteiger charge is -2.41. The average Bonchev–Trinajstić information content (AvgIpc) is 3.09. The highest BCUT2D eigenvalue weighted by atomic mass is 16.5. The van der Waals surface area contributed by atoms with E-state index in [1.807, 2.05) is 30.3 Å². The van der Waals surface area contributed by atoms with E-state index in [1.54, 1.807) is 17.4 Å². The zero-order valence-corrected chi connectivity index (χ0v) is 18.1. The van der Waals surface area contributed by atoms with Crippen LogP contribution in [0.2, 0.25) is 0 Å². The summed E-state index contributed by atoms with van der Waals surface area (Å²) in [5.74, 6) is -2.45. The number of likely N-dealkylation sites (N-methyl/N-ethyl adjacent to an activating group) is 1. The third-order valence-electron chi connectivity index (χ3n) is 6.84. The van der Waals surface area contributed by atoms with Gasteiger partial charge in [0.1, 0.15) is 6.54 Å². The van der Waals surface area contributed by atoms with Gasteiger partial charge in [0.25, 0.3) is 5.91 Å². The molecule has 2 saturated heterocycles. The van der Waals surface area contributed by atoms with Crippen molar-refractivity contribution in [2.45, 2.75) is 25.3 Å². The van der Waals surface area contributed by atoms with Gasteiger partial charge < -0.3 is 14.7 Å². The molecular weight excluding hydrogens is 414 g/mol. The molecule has 4 rings (SSSR count). The lowest BCUT2D eigenvalue weighted by molar-refractivity contribution is -0.148. The van der Waals surface area contributed by atoms with Crippen LogP contribution < -0.4 is 10.4 Å². The Kier molecular flexibility index (Phi) is 6.31. The third kappa shape index (κ3) is 4.14. The van der Waals surface area contributed by atoms with Crippen molar-refractivity contribution in [1.29, 1.82) is 0 Å². The molecule has 1 aliphatic carbocycles. The molecule has 3 fully saturated rings. The van der Waals surface area contributed by atoms with Crippen LogP contribution >= 0.6 is 0 Å². The second kappa shape index (κ2) is 9.15. The molecule has 1 aromatic carbocycles. The number of carbonyl (C=O) groups excluding carboxylic acids is 4. The third-order valence-corrected chi connectivity index (χ3v) is 6.84. The standard InChI is InChI=1S/C22H29N5O5/c1-24-14-19(28)27(22(24)31)16-7-8-17(18(13-16)20(29)23-32)21(30)26-11-9-25(10-12-26)15-5-3-2-4-6-15/h2-6,16-18,32H,7-14H2,1H3,(H,23,29)/t16?,17?,18-/m0/s1. The molecule has 2 heterocycles. The Balaban J connectivity index is 1.42. The smallest absolute Gasteiger partial charge is 0.327 e. The topological polar surface area (TPSA) is 114 Å². The quantitative estimate of drug-likeness (QED) is 0.399. The summed E-state index contributed by atoms with van der Waals surface area (Å²) in [5, 5.41) is 9.27. The fourth-order valence-corrected chi connectivity index (χ4v) is 5.11. The number of carbonyl (C=O) groups is 4. The van der Waals surface area contributed by atoms with Crippen molar-refractivity contribution in [3.63, 3.8) is 0 Å². The molecule has 1 saturated carbocycles. The molecule has 172 valence electrons. The van der Waals surface area contributed by atoms with Gasteiger partial charge in [-0.1, -0.05) is 18.2 Å². The van der Waals surface area contributed by atoms with Crippen molar-refractivity contribution >= 4 is 29.4 Å². The van der Waals surface area contributed by atoms with Gasteiger partial charge >= 0.3 is 6.03 Å². The number of hydrogen-bond donors (Lipinski definition) is 2. The number of rotatable bonds is 4. The molecule has 3 aliphatic rings. The van der Waals surface area contributed by atoms with Crippen molar-refractivity contribution in [1.82, 2.24) is 20.2 Å². The van der Waals surface area contributed by atoms with E-state index < -0.39 is 23.8 Å². The number of imide groups is 1. The van der Waals surface area contributed by atoms with Gasteiger partial charge in [-0.2, -0.15) is 0 Å². The Morgan fingerprint density at radius 3 is 2.28 bits per heavy atom. The molecule has 5 amide bonds. The first-order valence-electron chi connectivity index (χ1n) is 11.0. The summed E-state index contributed by atoms with van der Waals surface area (Å²) in [5.41, 5.74) is 2.79. The number of hydrogen-bond acceptors (Lipinski definition) is 6. The summed E-state index contributed by atoms with van der Waals surface area (Å²) in [6.07, 6.45) is 1.00. The van der Waals surface area contributed by atoms with E-state index in [0.29, 0.717) is 39.0 Å². The molecule has 0 radical (unpaired) electrons. The molecular formula is C22H29N5O5.